The molecule has 0 bridgehead atoms. The number of halogens is 1. The topological polar surface area (TPSA) is 33.2 Å². The fourth-order valence-electron chi connectivity index (χ4n) is 1.80. The van der Waals surface area contributed by atoms with Gasteiger partial charge in [-0.05, 0) is 36.2 Å². The number of amides is 1. The van der Waals surface area contributed by atoms with Crippen molar-refractivity contribution in [1.82, 2.24) is 4.98 Å². The summed E-state index contributed by atoms with van der Waals surface area (Å²) in [4.78, 5) is 17.8. The fourth-order valence-corrected chi connectivity index (χ4v) is 1.98. The standard InChI is InChI=1S/C15H15ClN2O/c1-3-11-4-6-13(7-5-11)18(2)15(19)12-8-9-17-14(16)10-12/h4-10H,3H2,1-2H3. The Morgan fingerprint density at radius 3 is 2.53 bits per heavy atom. The molecule has 4 heteroatoms. The van der Waals surface area contributed by atoms with Crippen molar-refractivity contribution < 1.29 is 4.79 Å². The van der Waals surface area contributed by atoms with Crippen molar-refractivity contribution in [3.63, 3.8) is 0 Å². The highest BCUT2D eigenvalue weighted by Gasteiger charge is 2.13. The first-order chi connectivity index (χ1) is 9.11. The third-order valence-electron chi connectivity index (χ3n) is 3.01. The molecule has 0 atom stereocenters. The van der Waals surface area contributed by atoms with Crippen molar-refractivity contribution >= 4 is 23.2 Å². The van der Waals surface area contributed by atoms with Crippen molar-refractivity contribution in [3.05, 3.63) is 58.9 Å². The summed E-state index contributed by atoms with van der Waals surface area (Å²) in [6.45, 7) is 2.10. The highest BCUT2D eigenvalue weighted by atomic mass is 35.5. The van der Waals surface area contributed by atoms with E-state index in [0.29, 0.717) is 10.7 Å². The Bertz CT molecular complexity index is 581. The van der Waals surface area contributed by atoms with Gasteiger partial charge >= 0.3 is 0 Å². The Morgan fingerprint density at radius 2 is 1.95 bits per heavy atom. The maximum Gasteiger partial charge on any atom is 0.258 e. The molecule has 2 aromatic rings. The fraction of sp³-hybridized carbons (Fsp3) is 0.200. The van der Waals surface area contributed by atoms with Crippen LogP contribution in [0.15, 0.2) is 42.6 Å². The lowest BCUT2D eigenvalue weighted by molar-refractivity contribution is 0.0993. The minimum absolute atomic E-state index is 0.103. The number of benzene rings is 1. The molecule has 3 nitrogen and oxygen atoms in total. The van der Waals surface area contributed by atoms with Crippen LogP contribution < -0.4 is 4.90 Å². The summed E-state index contributed by atoms with van der Waals surface area (Å²) in [5.74, 6) is -0.103. The minimum atomic E-state index is -0.103. The third kappa shape index (κ3) is 3.12. The molecule has 0 aliphatic carbocycles. The molecular formula is C15H15ClN2O. The number of hydrogen-bond acceptors (Lipinski definition) is 2. The lowest BCUT2D eigenvalue weighted by atomic mass is 10.1. The molecule has 0 unspecified atom stereocenters. The Kier molecular flexibility index (Phi) is 4.17. The molecule has 1 amide bonds. The molecule has 0 fully saturated rings. The van der Waals surface area contributed by atoms with Gasteiger partial charge in [0.1, 0.15) is 5.15 Å². The highest BCUT2D eigenvalue weighted by Crippen LogP contribution is 2.17. The maximum atomic E-state index is 12.3. The molecule has 1 aromatic carbocycles. The van der Waals surface area contributed by atoms with E-state index in [1.165, 1.54) is 11.8 Å². The molecule has 1 heterocycles. The second-order valence-corrected chi connectivity index (χ2v) is 4.64. The van der Waals surface area contributed by atoms with Gasteiger partial charge in [-0.15, -0.1) is 0 Å². The van der Waals surface area contributed by atoms with Crippen LogP contribution in [0.3, 0.4) is 0 Å². The SMILES string of the molecule is CCc1ccc(N(C)C(=O)c2ccnc(Cl)c2)cc1. The number of aromatic nitrogens is 1. The average molecular weight is 275 g/mol. The predicted octanol–water partition coefficient (Wildman–Crippen LogP) is 3.57. The molecule has 0 radical (unpaired) electrons. The van der Waals surface area contributed by atoms with Gasteiger partial charge in [0, 0.05) is 24.5 Å². The van der Waals surface area contributed by atoms with Gasteiger partial charge < -0.3 is 4.90 Å². The zero-order valence-corrected chi connectivity index (χ0v) is 11.7. The first-order valence-electron chi connectivity index (χ1n) is 6.10. The monoisotopic (exact) mass is 274 g/mol. The lowest BCUT2D eigenvalue weighted by Crippen LogP contribution is -2.26. The van der Waals surface area contributed by atoms with E-state index < -0.39 is 0 Å². The van der Waals surface area contributed by atoms with Gasteiger partial charge in [0.2, 0.25) is 0 Å². The van der Waals surface area contributed by atoms with E-state index in [4.69, 9.17) is 11.6 Å². The molecule has 0 aliphatic heterocycles. The van der Waals surface area contributed by atoms with Crippen LogP contribution in [0, 0.1) is 0 Å². The highest BCUT2D eigenvalue weighted by molar-refractivity contribution is 6.29. The molecule has 0 saturated carbocycles. The van der Waals surface area contributed by atoms with Gasteiger partial charge in [0.15, 0.2) is 0 Å². The van der Waals surface area contributed by atoms with Crippen LogP contribution in [0.5, 0.6) is 0 Å². The Labute approximate surface area is 117 Å². The van der Waals surface area contributed by atoms with Crippen molar-refractivity contribution in [3.8, 4) is 0 Å². The Hall–Kier alpha value is -1.87. The van der Waals surface area contributed by atoms with Crippen LogP contribution >= 0.6 is 11.6 Å². The van der Waals surface area contributed by atoms with E-state index in [0.717, 1.165) is 12.1 Å². The number of nitrogens with zero attached hydrogens (tertiary/aromatic N) is 2. The van der Waals surface area contributed by atoms with Gasteiger partial charge in [0.25, 0.3) is 5.91 Å². The quantitative estimate of drug-likeness (QED) is 0.802. The average Bonchev–Trinajstić information content (AvgIpc) is 2.46. The lowest BCUT2D eigenvalue weighted by Gasteiger charge is -2.17. The van der Waals surface area contributed by atoms with Crippen molar-refractivity contribution in [2.45, 2.75) is 13.3 Å². The summed E-state index contributed by atoms with van der Waals surface area (Å²) >= 11 is 5.80. The number of anilines is 1. The van der Waals surface area contributed by atoms with Gasteiger partial charge in [-0.2, -0.15) is 0 Å². The van der Waals surface area contributed by atoms with Gasteiger partial charge in [0.05, 0.1) is 0 Å². The number of carbonyl (C=O) groups is 1. The van der Waals surface area contributed by atoms with Crippen LogP contribution in [0.1, 0.15) is 22.8 Å². The number of rotatable bonds is 3. The normalized spacial score (nSPS) is 10.3. The first kappa shape index (κ1) is 13.6. The summed E-state index contributed by atoms with van der Waals surface area (Å²) in [7, 11) is 1.75. The maximum absolute atomic E-state index is 12.3. The molecule has 0 saturated heterocycles. The van der Waals surface area contributed by atoms with Crippen molar-refractivity contribution in [2.24, 2.45) is 0 Å². The molecule has 19 heavy (non-hydrogen) atoms. The van der Waals surface area contributed by atoms with Crippen LogP contribution in [0.4, 0.5) is 5.69 Å². The van der Waals surface area contributed by atoms with Gasteiger partial charge in [-0.1, -0.05) is 30.7 Å². The molecule has 0 aliphatic rings. The largest absolute Gasteiger partial charge is 0.311 e. The zero-order chi connectivity index (χ0) is 13.8. The van der Waals surface area contributed by atoms with Crippen molar-refractivity contribution in [1.29, 1.82) is 0 Å². The summed E-state index contributed by atoms with van der Waals surface area (Å²) in [5.41, 5.74) is 2.63. The van der Waals surface area contributed by atoms with Crippen LogP contribution in [0.2, 0.25) is 5.15 Å². The van der Waals surface area contributed by atoms with E-state index in [1.54, 1.807) is 24.1 Å². The van der Waals surface area contributed by atoms with E-state index in [9.17, 15) is 4.79 Å². The molecular weight excluding hydrogens is 260 g/mol. The summed E-state index contributed by atoms with van der Waals surface area (Å²) in [6, 6.07) is 11.2. The summed E-state index contributed by atoms with van der Waals surface area (Å²) in [5, 5.41) is 0.320. The van der Waals surface area contributed by atoms with Crippen LogP contribution in [0.25, 0.3) is 0 Å². The number of pyridine rings is 1. The second-order valence-electron chi connectivity index (χ2n) is 4.25. The zero-order valence-electron chi connectivity index (χ0n) is 10.9. The van der Waals surface area contributed by atoms with Gasteiger partial charge in [-0.3, -0.25) is 4.79 Å². The van der Waals surface area contributed by atoms with E-state index in [-0.39, 0.29) is 5.91 Å². The molecule has 0 N–H and O–H groups in total. The summed E-state index contributed by atoms with van der Waals surface area (Å²) < 4.78 is 0. The molecule has 2 rings (SSSR count). The Balaban J connectivity index is 2.23. The summed E-state index contributed by atoms with van der Waals surface area (Å²) in [6.07, 6.45) is 2.52. The van der Waals surface area contributed by atoms with E-state index >= 15 is 0 Å². The van der Waals surface area contributed by atoms with Crippen molar-refractivity contribution in [2.75, 3.05) is 11.9 Å². The smallest absolute Gasteiger partial charge is 0.258 e. The predicted molar refractivity (Wildman–Crippen MR) is 77.8 cm³/mol. The van der Waals surface area contributed by atoms with Gasteiger partial charge in [-0.25, -0.2) is 4.98 Å². The van der Waals surface area contributed by atoms with E-state index in [1.807, 2.05) is 24.3 Å². The van der Waals surface area contributed by atoms with Crippen LogP contribution in [-0.2, 0) is 6.42 Å². The first-order valence-corrected chi connectivity index (χ1v) is 6.48. The molecule has 98 valence electrons. The molecule has 1 aromatic heterocycles. The minimum Gasteiger partial charge on any atom is -0.311 e. The van der Waals surface area contributed by atoms with E-state index in [2.05, 4.69) is 11.9 Å². The Morgan fingerprint density at radius 1 is 1.26 bits per heavy atom. The second kappa shape index (κ2) is 5.85. The number of aryl methyl sites for hydroxylation is 1. The number of hydrogen-bond donors (Lipinski definition) is 0. The third-order valence-corrected chi connectivity index (χ3v) is 3.22. The number of carbonyl (C=O) groups excluding carboxylic acids is 1. The van der Waals surface area contributed by atoms with Crippen LogP contribution in [-0.4, -0.2) is 17.9 Å². The molecule has 0 spiro atoms.